The molecule has 0 aliphatic heterocycles. The Morgan fingerprint density at radius 3 is 2.62 bits per heavy atom. The summed E-state index contributed by atoms with van der Waals surface area (Å²) in [6, 6.07) is 0. The van der Waals surface area contributed by atoms with E-state index in [1.165, 1.54) is 13.1 Å². The molecule has 0 atom stereocenters. The highest BCUT2D eigenvalue weighted by molar-refractivity contribution is 7.92. The lowest BCUT2D eigenvalue weighted by Crippen LogP contribution is -2.04. The van der Waals surface area contributed by atoms with Gasteiger partial charge in [-0.3, -0.25) is 4.79 Å². The molecular formula is C6H8N2O3S2. The van der Waals surface area contributed by atoms with E-state index in [0.717, 1.165) is 17.6 Å². The van der Waals surface area contributed by atoms with Crippen molar-refractivity contribution in [3.63, 3.8) is 0 Å². The van der Waals surface area contributed by atoms with Crippen molar-refractivity contribution >= 4 is 32.2 Å². The first kappa shape index (κ1) is 10.1. The van der Waals surface area contributed by atoms with Crippen molar-refractivity contribution in [2.45, 2.75) is 11.1 Å². The molecule has 1 N–H and O–H groups in total. The van der Waals surface area contributed by atoms with E-state index in [1.807, 2.05) is 0 Å². The van der Waals surface area contributed by atoms with Crippen LogP contribution in [0.3, 0.4) is 0 Å². The van der Waals surface area contributed by atoms with Gasteiger partial charge in [-0.05, 0) is 0 Å². The number of hydrogen-bond donors (Lipinski definition) is 1. The van der Waals surface area contributed by atoms with Crippen LogP contribution in [0, 0.1) is 0 Å². The van der Waals surface area contributed by atoms with Gasteiger partial charge in [0.1, 0.15) is 4.21 Å². The number of nitrogens with zero attached hydrogens (tertiary/aromatic N) is 1. The van der Waals surface area contributed by atoms with E-state index in [0.29, 0.717) is 5.13 Å². The zero-order chi connectivity index (χ0) is 10.1. The molecule has 1 aromatic heterocycles. The number of aromatic nitrogens is 1. The van der Waals surface area contributed by atoms with Crippen LogP contribution in [0.25, 0.3) is 0 Å². The quantitative estimate of drug-likeness (QED) is 0.787. The average molecular weight is 220 g/mol. The Kier molecular flexibility index (Phi) is 2.67. The molecule has 7 heteroatoms. The minimum Gasteiger partial charge on any atom is -0.302 e. The maximum Gasteiger partial charge on any atom is 0.223 e. The largest absolute Gasteiger partial charge is 0.302 e. The van der Waals surface area contributed by atoms with Crippen molar-refractivity contribution in [2.75, 3.05) is 11.6 Å². The van der Waals surface area contributed by atoms with E-state index >= 15 is 0 Å². The van der Waals surface area contributed by atoms with Gasteiger partial charge in [0.05, 0.1) is 6.20 Å². The first-order chi connectivity index (χ1) is 5.89. The summed E-state index contributed by atoms with van der Waals surface area (Å²) in [6.07, 6.45) is 2.32. The smallest absolute Gasteiger partial charge is 0.223 e. The summed E-state index contributed by atoms with van der Waals surface area (Å²) in [4.78, 5) is 14.3. The molecule has 1 aromatic rings. The number of thiazole rings is 1. The number of anilines is 1. The van der Waals surface area contributed by atoms with E-state index in [4.69, 9.17) is 0 Å². The van der Waals surface area contributed by atoms with Crippen LogP contribution in [-0.4, -0.2) is 25.6 Å². The molecule has 0 aromatic carbocycles. The molecule has 0 saturated carbocycles. The Morgan fingerprint density at radius 1 is 1.62 bits per heavy atom. The zero-order valence-corrected chi connectivity index (χ0v) is 8.70. The van der Waals surface area contributed by atoms with E-state index in [2.05, 4.69) is 10.3 Å². The molecular weight excluding hydrogens is 212 g/mol. The van der Waals surface area contributed by atoms with Crippen LogP contribution in [-0.2, 0) is 14.6 Å². The number of carbonyl (C=O) groups excluding carboxylic acids is 1. The van der Waals surface area contributed by atoms with Crippen LogP contribution in [0.15, 0.2) is 10.4 Å². The van der Waals surface area contributed by atoms with Crippen molar-refractivity contribution in [1.82, 2.24) is 4.98 Å². The lowest BCUT2D eigenvalue weighted by Gasteiger charge is -1.92. The molecule has 1 rings (SSSR count). The first-order valence-corrected chi connectivity index (χ1v) is 6.04. The van der Waals surface area contributed by atoms with Gasteiger partial charge in [0.2, 0.25) is 5.91 Å². The van der Waals surface area contributed by atoms with E-state index < -0.39 is 9.84 Å². The molecule has 0 unspecified atom stereocenters. The van der Waals surface area contributed by atoms with Crippen molar-refractivity contribution < 1.29 is 13.2 Å². The summed E-state index contributed by atoms with van der Waals surface area (Å²) >= 11 is 0.937. The standard InChI is InChI=1S/C6H8N2O3S2/c1-4(9)8-6-7-3-5(12-6)13(2,10)11/h3H,1-2H3,(H,7,8,9). The Morgan fingerprint density at radius 2 is 2.23 bits per heavy atom. The van der Waals surface area contributed by atoms with Gasteiger partial charge >= 0.3 is 0 Å². The van der Waals surface area contributed by atoms with Gasteiger partial charge in [-0.15, -0.1) is 0 Å². The second kappa shape index (κ2) is 3.43. The van der Waals surface area contributed by atoms with Crippen LogP contribution < -0.4 is 5.32 Å². The lowest BCUT2D eigenvalue weighted by atomic mass is 10.7. The molecule has 72 valence electrons. The van der Waals surface area contributed by atoms with Crippen LogP contribution >= 0.6 is 11.3 Å². The Labute approximate surface area is 79.7 Å². The third-order valence-corrected chi connectivity index (χ3v) is 3.83. The Balaban J connectivity index is 2.94. The molecule has 0 saturated heterocycles. The SMILES string of the molecule is CC(=O)Nc1ncc(S(C)(=O)=O)s1. The highest BCUT2D eigenvalue weighted by Gasteiger charge is 2.11. The second-order valence-corrected chi connectivity index (χ2v) is 5.71. The fourth-order valence-electron chi connectivity index (χ4n) is 0.639. The summed E-state index contributed by atoms with van der Waals surface area (Å²) in [5.41, 5.74) is 0. The van der Waals surface area contributed by atoms with E-state index in [9.17, 15) is 13.2 Å². The highest BCUT2D eigenvalue weighted by atomic mass is 32.2. The van der Waals surface area contributed by atoms with Gasteiger partial charge in [-0.25, -0.2) is 13.4 Å². The second-order valence-electron chi connectivity index (χ2n) is 2.44. The van der Waals surface area contributed by atoms with Crippen LogP contribution in [0.1, 0.15) is 6.92 Å². The maximum atomic E-state index is 11.0. The third-order valence-electron chi connectivity index (χ3n) is 1.13. The fourth-order valence-corrected chi connectivity index (χ4v) is 2.32. The average Bonchev–Trinajstić information content (AvgIpc) is 2.32. The fraction of sp³-hybridized carbons (Fsp3) is 0.333. The molecule has 13 heavy (non-hydrogen) atoms. The topological polar surface area (TPSA) is 76.1 Å². The normalized spacial score (nSPS) is 11.2. The highest BCUT2D eigenvalue weighted by Crippen LogP contribution is 2.22. The van der Waals surface area contributed by atoms with Crippen molar-refractivity contribution in [1.29, 1.82) is 0 Å². The molecule has 0 bridgehead atoms. The van der Waals surface area contributed by atoms with Gasteiger partial charge in [0, 0.05) is 13.2 Å². The number of amides is 1. The summed E-state index contributed by atoms with van der Waals surface area (Å²) < 4.78 is 22.1. The monoisotopic (exact) mass is 220 g/mol. The molecule has 0 fully saturated rings. The number of rotatable bonds is 2. The Hall–Kier alpha value is -0.950. The van der Waals surface area contributed by atoms with Crippen LogP contribution in [0.5, 0.6) is 0 Å². The van der Waals surface area contributed by atoms with Gasteiger partial charge in [0.15, 0.2) is 15.0 Å². The molecule has 0 spiro atoms. The van der Waals surface area contributed by atoms with Crippen molar-refractivity contribution in [3.05, 3.63) is 6.20 Å². The zero-order valence-electron chi connectivity index (χ0n) is 7.07. The van der Waals surface area contributed by atoms with E-state index in [1.54, 1.807) is 0 Å². The van der Waals surface area contributed by atoms with Crippen molar-refractivity contribution in [2.24, 2.45) is 0 Å². The summed E-state index contributed by atoms with van der Waals surface area (Å²) in [5, 5.41) is 2.70. The molecule has 0 aliphatic rings. The molecule has 1 heterocycles. The predicted molar refractivity (Wildman–Crippen MR) is 49.5 cm³/mol. The number of nitrogens with one attached hydrogen (secondary N) is 1. The summed E-state index contributed by atoms with van der Waals surface area (Å²) in [6.45, 7) is 1.33. The number of hydrogen-bond acceptors (Lipinski definition) is 5. The van der Waals surface area contributed by atoms with Gasteiger partial charge in [0.25, 0.3) is 0 Å². The maximum absolute atomic E-state index is 11.0. The lowest BCUT2D eigenvalue weighted by molar-refractivity contribution is -0.114. The van der Waals surface area contributed by atoms with E-state index in [-0.39, 0.29) is 10.1 Å². The molecule has 5 nitrogen and oxygen atoms in total. The van der Waals surface area contributed by atoms with Crippen molar-refractivity contribution in [3.8, 4) is 0 Å². The first-order valence-electron chi connectivity index (χ1n) is 3.33. The minimum atomic E-state index is -3.21. The van der Waals surface area contributed by atoms with Gasteiger partial charge in [-0.1, -0.05) is 11.3 Å². The Bertz CT molecular complexity index is 421. The third kappa shape index (κ3) is 2.78. The predicted octanol–water partition coefficient (Wildman–Crippen LogP) is 0.505. The summed E-state index contributed by atoms with van der Waals surface area (Å²) in [7, 11) is -3.21. The van der Waals surface area contributed by atoms with Crippen LogP contribution in [0.4, 0.5) is 5.13 Å². The molecule has 0 radical (unpaired) electrons. The number of sulfone groups is 1. The van der Waals surface area contributed by atoms with Gasteiger partial charge < -0.3 is 5.32 Å². The van der Waals surface area contributed by atoms with Crippen LogP contribution in [0.2, 0.25) is 0 Å². The molecule has 0 aliphatic carbocycles. The minimum absolute atomic E-state index is 0.149. The van der Waals surface area contributed by atoms with Gasteiger partial charge in [-0.2, -0.15) is 0 Å². The number of carbonyl (C=O) groups is 1. The summed E-state index contributed by atoms with van der Waals surface area (Å²) in [5.74, 6) is -0.269. The molecule has 1 amide bonds.